The average Bonchev–Trinajstić information content (AvgIpc) is 2.46. The summed E-state index contributed by atoms with van der Waals surface area (Å²) in [5.41, 5.74) is 1.64. The van der Waals surface area contributed by atoms with Crippen LogP contribution in [0.1, 0.15) is 11.1 Å². The van der Waals surface area contributed by atoms with Gasteiger partial charge < -0.3 is 4.74 Å². The Morgan fingerprint density at radius 3 is 2.35 bits per heavy atom. The number of hydrogen-bond acceptors (Lipinski definition) is 3. The monoisotopic (exact) mass is 332 g/mol. The van der Waals surface area contributed by atoms with Crippen molar-refractivity contribution in [2.75, 3.05) is 0 Å². The summed E-state index contributed by atoms with van der Waals surface area (Å²) in [4.78, 5) is 23.4. The molecule has 3 nitrogen and oxygen atoms in total. The van der Waals surface area contributed by atoms with E-state index in [1.165, 1.54) is 0 Å². The van der Waals surface area contributed by atoms with Gasteiger partial charge in [-0.3, -0.25) is 4.79 Å². The molecule has 102 valence electrons. The topological polar surface area (TPSA) is 43.4 Å². The standard InChI is InChI=1S/C16H13BrO3/c17-14-8-4-7-13(9-14)10-15(18)16(19)20-11-12-5-2-1-3-6-12/h1-9H,10-11H2. The van der Waals surface area contributed by atoms with Crippen LogP contribution >= 0.6 is 15.9 Å². The maximum Gasteiger partial charge on any atom is 0.375 e. The average molecular weight is 333 g/mol. The van der Waals surface area contributed by atoms with E-state index >= 15 is 0 Å². The largest absolute Gasteiger partial charge is 0.455 e. The van der Waals surface area contributed by atoms with Crippen molar-refractivity contribution >= 4 is 27.7 Å². The van der Waals surface area contributed by atoms with E-state index in [2.05, 4.69) is 15.9 Å². The molecule has 0 N–H and O–H groups in total. The zero-order valence-electron chi connectivity index (χ0n) is 10.7. The number of carbonyl (C=O) groups is 2. The summed E-state index contributed by atoms with van der Waals surface area (Å²) >= 11 is 3.32. The summed E-state index contributed by atoms with van der Waals surface area (Å²) in [5.74, 6) is -1.34. The van der Waals surface area contributed by atoms with Crippen molar-refractivity contribution in [1.82, 2.24) is 0 Å². The Balaban J connectivity index is 1.88. The Morgan fingerprint density at radius 1 is 0.950 bits per heavy atom. The lowest BCUT2D eigenvalue weighted by molar-refractivity contribution is -0.154. The minimum absolute atomic E-state index is 0.0487. The normalized spacial score (nSPS) is 10.1. The molecular weight excluding hydrogens is 320 g/mol. The number of benzene rings is 2. The van der Waals surface area contributed by atoms with Crippen LogP contribution in [-0.4, -0.2) is 11.8 Å². The first-order chi connectivity index (χ1) is 9.65. The van der Waals surface area contributed by atoms with Gasteiger partial charge in [0.1, 0.15) is 6.61 Å². The van der Waals surface area contributed by atoms with E-state index < -0.39 is 11.8 Å². The van der Waals surface area contributed by atoms with Gasteiger partial charge in [-0.05, 0) is 23.3 Å². The predicted octanol–water partition coefficient (Wildman–Crippen LogP) is 3.30. The number of halogens is 1. The maximum absolute atomic E-state index is 11.8. The minimum Gasteiger partial charge on any atom is -0.455 e. The molecule has 0 heterocycles. The van der Waals surface area contributed by atoms with Gasteiger partial charge in [0.15, 0.2) is 0 Å². The molecule has 0 saturated heterocycles. The number of esters is 1. The number of hydrogen-bond donors (Lipinski definition) is 0. The number of Topliss-reactive ketones (excluding diaryl/α,β-unsaturated/α-hetero) is 1. The summed E-state index contributed by atoms with van der Waals surface area (Å²) in [6.45, 7) is 0.115. The molecule has 0 spiro atoms. The zero-order valence-corrected chi connectivity index (χ0v) is 12.3. The van der Waals surface area contributed by atoms with Crippen LogP contribution < -0.4 is 0 Å². The highest BCUT2D eigenvalue weighted by molar-refractivity contribution is 9.10. The van der Waals surface area contributed by atoms with E-state index in [0.29, 0.717) is 0 Å². The SMILES string of the molecule is O=C(Cc1cccc(Br)c1)C(=O)OCc1ccccc1. The third-order valence-corrected chi connectivity index (χ3v) is 3.19. The van der Waals surface area contributed by atoms with Crippen molar-refractivity contribution < 1.29 is 14.3 Å². The Kier molecular flexibility index (Phi) is 5.07. The van der Waals surface area contributed by atoms with E-state index in [1.807, 2.05) is 48.5 Å². The Bertz CT molecular complexity index is 608. The second kappa shape index (κ2) is 7.01. The number of rotatable bonds is 5. The summed E-state index contributed by atoms with van der Waals surface area (Å²) in [5, 5.41) is 0. The molecule has 0 aliphatic rings. The van der Waals surface area contributed by atoms with Crippen LogP contribution in [0.3, 0.4) is 0 Å². The van der Waals surface area contributed by atoms with Crippen molar-refractivity contribution in [3.8, 4) is 0 Å². The van der Waals surface area contributed by atoms with Crippen LogP contribution in [0, 0.1) is 0 Å². The summed E-state index contributed by atoms with van der Waals surface area (Å²) < 4.78 is 5.87. The van der Waals surface area contributed by atoms with E-state index in [1.54, 1.807) is 6.07 Å². The van der Waals surface area contributed by atoms with Gasteiger partial charge in [0.25, 0.3) is 0 Å². The molecule has 0 radical (unpaired) electrons. The first-order valence-electron chi connectivity index (χ1n) is 6.13. The molecule has 0 amide bonds. The van der Waals surface area contributed by atoms with Crippen LogP contribution in [-0.2, 0) is 27.4 Å². The molecule has 0 bridgehead atoms. The summed E-state index contributed by atoms with van der Waals surface area (Å²) in [6.07, 6.45) is 0.0487. The second-order valence-corrected chi connectivity index (χ2v) is 5.21. The van der Waals surface area contributed by atoms with Gasteiger partial charge in [0.05, 0.1) is 0 Å². The maximum atomic E-state index is 11.8. The van der Waals surface area contributed by atoms with Crippen LogP contribution in [0.15, 0.2) is 59.1 Å². The number of carbonyl (C=O) groups excluding carboxylic acids is 2. The second-order valence-electron chi connectivity index (χ2n) is 4.29. The molecule has 2 aromatic rings. The van der Waals surface area contributed by atoms with E-state index in [4.69, 9.17) is 4.74 Å². The van der Waals surface area contributed by atoms with Gasteiger partial charge in [-0.1, -0.05) is 58.4 Å². The summed E-state index contributed by atoms with van der Waals surface area (Å²) in [6, 6.07) is 16.6. The van der Waals surface area contributed by atoms with E-state index in [9.17, 15) is 9.59 Å². The highest BCUT2D eigenvalue weighted by Crippen LogP contribution is 2.12. The molecular formula is C16H13BrO3. The molecule has 2 aromatic carbocycles. The van der Waals surface area contributed by atoms with Crippen LogP contribution in [0.5, 0.6) is 0 Å². The third-order valence-electron chi connectivity index (χ3n) is 2.69. The van der Waals surface area contributed by atoms with Crippen molar-refractivity contribution in [1.29, 1.82) is 0 Å². The summed E-state index contributed by atoms with van der Waals surface area (Å²) in [7, 11) is 0. The molecule has 0 atom stereocenters. The van der Waals surface area contributed by atoms with E-state index in [0.717, 1.165) is 15.6 Å². The molecule has 0 fully saturated rings. The first-order valence-corrected chi connectivity index (χ1v) is 6.93. The van der Waals surface area contributed by atoms with Gasteiger partial charge in [0, 0.05) is 10.9 Å². The molecule has 0 aliphatic heterocycles. The molecule has 0 aliphatic carbocycles. The van der Waals surface area contributed by atoms with Gasteiger partial charge >= 0.3 is 5.97 Å². The highest BCUT2D eigenvalue weighted by atomic mass is 79.9. The quantitative estimate of drug-likeness (QED) is 0.623. The van der Waals surface area contributed by atoms with Crippen LogP contribution in [0.2, 0.25) is 0 Å². The number of ether oxygens (including phenoxy) is 1. The van der Waals surface area contributed by atoms with Crippen LogP contribution in [0.4, 0.5) is 0 Å². The fourth-order valence-corrected chi connectivity index (χ4v) is 2.15. The highest BCUT2D eigenvalue weighted by Gasteiger charge is 2.16. The molecule has 0 unspecified atom stereocenters. The van der Waals surface area contributed by atoms with Crippen LogP contribution in [0.25, 0.3) is 0 Å². The molecule has 0 saturated carbocycles. The van der Waals surface area contributed by atoms with Gasteiger partial charge in [-0.25, -0.2) is 4.79 Å². The smallest absolute Gasteiger partial charge is 0.375 e. The first kappa shape index (κ1) is 14.5. The lowest BCUT2D eigenvalue weighted by Crippen LogP contribution is -2.19. The fraction of sp³-hybridized carbons (Fsp3) is 0.125. The minimum atomic E-state index is -0.797. The molecule has 2 rings (SSSR count). The lowest BCUT2D eigenvalue weighted by Gasteiger charge is -2.04. The third kappa shape index (κ3) is 4.31. The molecule has 0 aromatic heterocycles. The van der Waals surface area contributed by atoms with Gasteiger partial charge in [-0.15, -0.1) is 0 Å². The van der Waals surface area contributed by atoms with Crippen molar-refractivity contribution in [3.05, 3.63) is 70.2 Å². The van der Waals surface area contributed by atoms with E-state index in [-0.39, 0.29) is 13.0 Å². The Morgan fingerprint density at radius 2 is 1.65 bits per heavy atom. The van der Waals surface area contributed by atoms with Crippen molar-refractivity contribution in [2.45, 2.75) is 13.0 Å². The predicted molar refractivity (Wildman–Crippen MR) is 79.1 cm³/mol. The molecule has 20 heavy (non-hydrogen) atoms. The Labute approximate surface area is 125 Å². The zero-order chi connectivity index (χ0) is 14.4. The number of ketones is 1. The Hall–Kier alpha value is -1.94. The lowest BCUT2D eigenvalue weighted by atomic mass is 10.1. The van der Waals surface area contributed by atoms with Gasteiger partial charge in [-0.2, -0.15) is 0 Å². The van der Waals surface area contributed by atoms with Gasteiger partial charge in [0.2, 0.25) is 5.78 Å². The van der Waals surface area contributed by atoms with Crippen molar-refractivity contribution in [2.24, 2.45) is 0 Å². The fourth-order valence-electron chi connectivity index (χ4n) is 1.71. The molecule has 4 heteroatoms. The van der Waals surface area contributed by atoms with Crippen molar-refractivity contribution in [3.63, 3.8) is 0 Å².